The largest absolute Gasteiger partial charge is 0.493 e. The van der Waals surface area contributed by atoms with E-state index in [9.17, 15) is 9.50 Å². The fourth-order valence-electron chi connectivity index (χ4n) is 1.92. The predicted octanol–water partition coefficient (Wildman–Crippen LogP) is 2.96. The van der Waals surface area contributed by atoms with Crippen LogP contribution < -0.4 is 14.2 Å². The van der Waals surface area contributed by atoms with Gasteiger partial charge in [0.15, 0.2) is 17.3 Å². The summed E-state index contributed by atoms with van der Waals surface area (Å²) in [5, 5.41) is 9.90. The molecule has 2 rings (SSSR count). The highest BCUT2D eigenvalue weighted by molar-refractivity contribution is 5.40. The minimum absolute atomic E-state index is 0.0139. The van der Waals surface area contributed by atoms with Gasteiger partial charge in [-0.05, 0) is 30.7 Å². The zero-order chi connectivity index (χ0) is 15.9. The third-order valence-electron chi connectivity index (χ3n) is 3.10. The number of methoxy groups -OCH3 is 1. The Labute approximate surface area is 129 Å². The fraction of sp³-hybridized carbons (Fsp3) is 0.294. The summed E-state index contributed by atoms with van der Waals surface area (Å²) < 4.78 is 29.5. The van der Waals surface area contributed by atoms with E-state index in [-0.39, 0.29) is 24.7 Å². The molecule has 22 heavy (non-hydrogen) atoms. The van der Waals surface area contributed by atoms with Gasteiger partial charge in [-0.1, -0.05) is 24.3 Å². The summed E-state index contributed by atoms with van der Waals surface area (Å²) in [5.74, 6) is 0.434. The zero-order valence-corrected chi connectivity index (χ0v) is 12.6. The lowest BCUT2D eigenvalue weighted by molar-refractivity contribution is 0.0599. The first-order valence-electron chi connectivity index (χ1n) is 6.93. The van der Waals surface area contributed by atoms with Gasteiger partial charge in [-0.15, -0.1) is 0 Å². The van der Waals surface area contributed by atoms with Crippen molar-refractivity contribution in [2.24, 2.45) is 0 Å². The van der Waals surface area contributed by atoms with Gasteiger partial charge in [0.1, 0.15) is 25.1 Å². The Hall–Kier alpha value is -2.27. The van der Waals surface area contributed by atoms with Crippen molar-refractivity contribution >= 4 is 0 Å². The maximum Gasteiger partial charge on any atom is 0.197 e. The van der Waals surface area contributed by atoms with Crippen molar-refractivity contribution in [2.75, 3.05) is 20.3 Å². The van der Waals surface area contributed by atoms with Crippen LogP contribution in [0.1, 0.15) is 5.56 Å². The van der Waals surface area contributed by atoms with Crippen molar-refractivity contribution in [2.45, 2.75) is 13.0 Å². The van der Waals surface area contributed by atoms with Crippen LogP contribution in [0.4, 0.5) is 4.39 Å². The number of hydrogen-bond acceptors (Lipinski definition) is 4. The van der Waals surface area contributed by atoms with Gasteiger partial charge in [-0.25, -0.2) is 4.39 Å². The first-order chi connectivity index (χ1) is 10.6. The fourth-order valence-corrected chi connectivity index (χ4v) is 1.92. The van der Waals surface area contributed by atoms with Crippen LogP contribution in [0.3, 0.4) is 0 Å². The van der Waals surface area contributed by atoms with Gasteiger partial charge in [0, 0.05) is 0 Å². The Morgan fingerprint density at radius 2 is 1.68 bits per heavy atom. The van der Waals surface area contributed by atoms with Gasteiger partial charge in [0.25, 0.3) is 0 Å². The first kappa shape index (κ1) is 16.1. The van der Waals surface area contributed by atoms with Crippen LogP contribution in [-0.4, -0.2) is 31.5 Å². The summed E-state index contributed by atoms with van der Waals surface area (Å²) in [6, 6.07) is 11.9. The van der Waals surface area contributed by atoms with Crippen molar-refractivity contribution in [3.8, 4) is 17.2 Å². The van der Waals surface area contributed by atoms with E-state index < -0.39 is 11.9 Å². The molecule has 5 heteroatoms. The van der Waals surface area contributed by atoms with E-state index >= 15 is 0 Å². The smallest absolute Gasteiger partial charge is 0.197 e. The number of aliphatic hydroxyl groups excluding tert-OH is 1. The Bertz CT molecular complexity index is 615. The number of hydrogen-bond donors (Lipinski definition) is 1. The molecule has 0 heterocycles. The van der Waals surface area contributed by atoms with Crippen LogP contribution in [0, 0.1) is 12.7 Å². The lowest BCUT2D eigenvalue weighted by Gasteiger charge is -2.16. The molecule has 118 valence electrons. The first-order valence-corrected chi connectivity index (χ1v) is 6.93. The lowest BCUT2D eigenvalue weighted by atomic mass is 10.2. The third kappa shape index (κ3) is 4.11. The van der Waals surface area contributed by atoms with Crippen LogP contribution in [0.15, 0.2) is 42.5 Å². The molecule has 0 aromatic heterocycles. The van der Waals surface area contributed by atoms with E-state index in [1.807, 2.05) is 31.2 Å². The van der Waals surface area contributed by atoms with Crippen LogP contribution in [-0.2, 0) is 0 Å². The molecule has 0 spiro atoms. The van der Waals surface area contributed by atoms with Gasteiger partial charge in [0.05, 0.1) is 7.11 Å². The molecule has 0 saturated carbocycles. The van der Waals surface area contributed by atoms with E-state index in [4.69, 9.17) is 14.2 Å². The Kier molecular flexibility index (Phi) is 5.61. The van der Waals surface area contributed by atoms with E-state index in [2.05, 4.69) is 0 Å². The summed E-state index contributed by atoms with van der Waals surface area (Å²) >= 11 is 0. The normalized spacial score (nSPS) is 11.8. The molecule has 0 saturated heterocycles. The number of para-hydroxylation sites is 2. The molecule has 1 atom stereocenters. The van der Waals surface area contributed by atoms with E-state index in [0.717, 1.165) is 5.56 Å². The van der Waals surface area contributed by atoms with Crippen molar-refractivity contribution < 1.29 is 23.7 Å². The van der Waals surface area contributed by atoms with Crippen molar-refractivity contribution in [3.05, 3.63) is 53.8 Å². The highest BCUT2D eigenvalue weighted by Gasteiger charge is 2.13. The number of aryl methyl sites for hydroxylation is 1. The molecule has 1 unspecified atom stereocenters. The minimum atomic E-state index is -0.885. The minimum Gasteiger partial charge on any atom is -0.493 e. The van der Waals surface area contributed by atoms with E-state index in [1.54, 1.807) is 6.07 Å². The number of halogens is 1. The van der Waals surface area contributed by atoms with Gasteiger partial charge in [-0.3, -0.25) is 0 Å². The number of ether oxygens (including phenoxy) is 3. The van der Waals surface area contributed by atoms with Crippen molar-refractivity contribution in [3.63, 3.8) is 0 Å². The maximum atomic E-state index is 13.7. The second-order valence-corrected chi connectivity index (χ2v) is 4.81. The second kappa shape index (κ2) is 7.66. The highest BCUT2D eigenvalue weighted by atomic mass is 19.1. The molecule has 4 nitrogen and oxygen atoms in total. The van der Waals surface area contributed by atoms with Gasteiger partial charge >= 0.3 is 0 Å². The second-order valence-electron chi connectivity index (χ2n) is 4.81. The van der Waals surface area contributed by atoms with Gasteiger partial charge < -0.3 is 19.3 Å². The molecule has 0 aliphatic rings. The summed E-state index contributed by atoms with van der Waals surface area (Å²) in [7, 11) is 1.43. The Morgan fingerprint density at radius 3 is 2.41 bits per heavy atom. The summed E-state index contributed by atoms with van der Waals surface area (Å²) in [6.07, 6.45) is -0.885. The SMILES string of the molecule is COc1cccc(F)c1OCC(O)COc1ccccc1C. The van der Waals surface area contributed by atoms with Gasteiger partial charge in [-0.2, -0.15) is 0 Å². The molecule has 2 aromatic rings. The highest BCUT2D eigenvalue weighted by Crippen LogP contribution is 2.29. The number of rotatable bonds is 7. The monoisotopic (exact) mass is 306 g/mol. The summed E-state index contributed by atoms with van der Waals surface area (Å²) in [6.45, 7) is 1.88. The van der Waals surface area contributed by atoms with Crippen LogP contribution in [0.5, 0.6) is 17.2 Å². The summed E-state index contributed by atoms with van der Waals surface area (Å²) in [4.78, 5) is 0. The molecule has 0 fully saturated rings. The summed E-state index contributed by atoms with van der Waals surface area (Å²) in [5.41, 5.74) is 0.978. The lowest BCUT2D eigenvalue weighted by Crippen LogP contribution is -2.25. The number of benzene rings is 2. The van der Waals surface area contributed by atoms with Crippen LogP contribution in [0.25, 0.3) is 0 Å². The molecule has 0 radical (unpaired) electrons. The third-order valence-corrected chi connectivity index (χ3v) is 3.10. The van der Waals surface area contributed by atoms with E-state index in [0.29, 0.717) is 5.75 Å². The maximum absolute atomic E-state index is 13.7. The standard InChI is InChI=1S/C17H19FO4/c1-12-6-3-4-8-15(12)21-10-13(19)11-22-17-14(18)7-5-9-16(17)20-2/h3-9,13,19H,10-11H2,1-2H3. The Morgan fingerprint density at radius 1 is 1.00 bits per heavy atom. The average Bonchev–Trinajstić information content (AvgIpc) is 2.52. The zero-order valence-electron chi connectivity index (χ0n) is 12.6. The predicted molar refractivity (Wildman–Crippen MR) is 81.1 cm³/mol. The molecular weight excluding hydrogens is 287 g/mol. The molecule has 2 aromatic carbocycles. The van der Waals surface area contributed by atoms with Crippen molar-refractivity contribution in [1.82, 2.24) is 0 Å². The van der Waals surface area contributed by atoms with Gasteiger partial charge in [0.2, 0.25) is 0 Å². The van der Waals surface area contributed by atoms with Crippen LogP contribution >= 0.6 is 0 Å². The average molecular weight is 306 g/mol. The molecule has 0 bridgehead atoms. The molecule has 1 N–H and O–H groups in total. The molecule has 0 amide bonds. The topological polar surface area (TPSA) is 47.9 Å². The van der Waals surface area contributed by atoms with Crippen LogP contribution in [0.2, 0.25) is 0 Å². The molecule has 0 aliphatic heterocycles. The number of aliphatic hydroxyl groups is 1. The Balaban J connectivity index is 1.88. The van der Waals surface area contributed by atoms with E-state index in [1.165, 1.54) is 19.2 Å². The quantitative estimate of drug-likeness (QED) is 0.854. The molecular formula is C17H19FO4. The molecule has 0 aliphatic carbocycles. The van der Waals surface area contributed by atoms with Crippen molar-refractivity contribution in [1.29, 1.82) is 0 Å².